The second-order valence-electron chi connectivity index (χ2n) is 6.51. The van der Waals surface area contributed by atoms with E-state index in [-0.39, 0.29) is 5.60 Å². The Balaban J connectivity index is 2.00. The van der Waals surface area contributed by atoms with E-state index in [4.69, 9.17) is 10.5 Å². The Morgan fingerprint density at radius 2 is 2.12 bits per heavy atom. The Labute approximate surface area is 106 Å². The van der Waals surface area contributed by atoms with Crippen LogP contribution >= 0.6 is 0 Å². The summed E-state index contributed by atoms with van der Waals surface area (Å²) in [6.07, 6.45) is 4.93. The number of piperidine rings is 1. The van der Waals surface area contributed by atoms with Gasteiger partial charge in [-0.05, 0) is 52.0 Å². The van der Waals surface area contributed by atoms with Gasteiger partial charge in [-0.15, -0.1) is 0 Å². The molecule has 2 fully saturated rings. The molecule has 0 bridgehead atoms. The summed E-state index contributed by atoms with van der Waals surface area (Å²) in [6.45, 7) is 9.72. The predicted octanol–water partition coefficient (Wildman–Crippen LogP) is 2.00. The molecule has 2 heterocycles. The number of rotatable bonds is 2. The van der Waals surface area contributed by atoms with Gasteiger partial charge >= 0.3 is 0 Å². The second-order valence-corrected chi connectivity index (χ2v) is 6.51. The minimum Gasteiger partial charge on any atom is -0.375 e. The van der Waals surface area contributed by atoms with Gasteiger partial charge in [-0.1, -0.05) is 6.92 Å². The Morgan fingerprint density at radius 1 is 1.35 bits per heavy atom. The lowest BCUT2D eigenvalue weighted by atomic mass is 9.86. The lowest BCUT2D eigenvalue weighted by Gasteiger charge is -2.47. The first kappa shape index (κ1) is 13.3. The maximum absolute atomic E-state index is 5.96. The van der Waals surface area contributed by atoms with Crippen LogP contribution in [0.1, 0.15) is 46.5 Å². The van der Waals surface area contributed by atoms with Crippen molar-refractivity contribution in [1.29, 1.82) is 0 Å². The average Bonchev–Trinajstić information content (AvgIpc) is 2.27. The van der Waals surface area contributed by atoms with Crippen molar-refractivity contribution >= 4 is 0 Å². The molecule has 3 atom stereocenters. The number of nitrogens with two attached hydrogens (primary N) is 1. The topological polar surface area (TPSA) is 38.5 Å². The smallest absolute Gasteiger partial charge is 0.0641 e. The highest BCUT2D eigenvalue weighted by molar-refractivity contribution is 4.91. The fourth-order valence-electron chi connectivity index (χ4n) is 3.46. The summed E-state index contributed by atoms with van der Waals surface area (Å²) in [5, 5.41) is 0. The Kier molecular flexibility index (Phi) is 4.11. The van der Waals surface area contributed by atoms with Crippen LogP contribution < -0.4 is 5.73 Å². The van der Waals surface area contributed by atoms with E-state index in [1.807, 2.05) is 0 Å². The molecule has 0 saturated carbocycles. The molecule has 3 unspecified atom stereocenters. The first-order chi connectivity index (χ1) is 8.02. The molecule has 100 valence electrons. The summed E-state index contributed by atoms with van der Waals surface area (Å²) in [4.78, 5) is 2.67. The Bertz CT molecular complexity index is 255. The SMILES string of the molecule is CC1CCN(C2CCOC(C)(C)C2)C(CN)C1. The third kappa shape index (κ3) is 3.21. The minimum absolute atomic E-state index is 0.0468. The quantitative estimate of drug-likeness (QED) is 0.802. The van der Waals surface area contributed by atoms with Gasteiger partial charge in [0.1, 0.15) is 0 Å². The van der Waals surface area contributed by atoms with Gasteiger partial charge in [-0.3, -0.25) is 4.90 Å². The van der Waals surface area contributed by atoms with Crippen LogP contribution in [0.15, 0.2) is 0 Å². The van der Waals surface area contributed by atoms with E-state index in [1.165, 1.54) is 25.8 Å². The number of hydrogen-bond acceptors (Lipinski definition) is 3. The molecule has 0 aromatic rings. The van der Waals surface area contributed by atoms with E-state index in [2.05, 4.69) is 25.7 Å². The van der Waals surface area contributed by atoms with Gasteiger partial charge in [0.05, 0.1) is 5.60 Å². The fourth-order valence-corrected chi connectivity index (χ4v) is 3.46. The van der Waals surface area contributed by atoms with Crippen molar-refractivity contribution in [2.75, 3.05) is 19.7 Å². The molecule has 3 heteroatoms. The van der Waals surface area contributed by atoms with Gasteiger partial charge in [-0.25, -0.2) is 0 Å². The molecule has 3 nitrogen and oxygen atoms in total. The molecule has 2 aliphatic heterocycles. The van der Waals surface area contributed by atoms with E-state index >= 15 is 0 Å². The largest absolute Gasteiger partial charge is 0.375 e. The molecule has 2 rings (SSSR count). The summed E-state index contributed by atoms with van der Waals surface area (Å²) in [5.74, 6) is 0.840. The molecule has 0 aromatic heterocycles. The highest BCUT2D eigenvalue weighted by Gasteiger charge is 2.36. The molecule has 2 saturated heterocycles. The van der Waals surface area contributed by atoms with E-state index in [0.717, 1.165) is 25.5 Å². The normalized spacial score (nSPS) is 39.2. The van der Waals surface area contributed by atoms with Crippen LogP contribution in [0.25, 0.3) is 0 Å². The maximum Gasteiger partial charge on any atom is 0.0641 e. The summed E-state index contributed by atoms with van der Waals surface area (Å²) in [7, 11) is 0. The summed E-state index contributed by atoms with van der Waals surface area (Å²) in [6, 6.07) is 1.28. The molecule has 0 spiro atoms. The van der Waals surface area contributed by atoms with Crippen molar-refractivity contribution in [3.05, 3.63) is 0 Å². The molecule has 0 amide bonds. The van der Waals surface area contributed by atoms with Crippen molar-refractivity contribution in [2.24, 2.45) is 11.7 Å². The highest BCUT2D eigenvalue weighted by Crippen LogP contribution is 2.32. The van der Waals surface area contributed by atoms with Gasteiger partial charge in [-0.2, -0.15) is 0 Å². The van der Waals surface area contributed by atoms with Crippen LogP contribution in [0.3, 0.4) is 0 Å². The lowest BCUT2D eigenvalue weighted by Crippen LogP contribution is -2.55. The monoisotopic (exact) mass is 240 g/mol. The molecule has 0 aliphatic carbocycles. The number of nitrogens with zero attached hydrogens (tertiary/aromatic N) is 1. The van der Waals surface area contributed by atoms with Gasteiger partial charge in [0.2, 0.25) is 0 Å². The van der Waals surface area contributed by atoms with Crippen molar-refractivity contribution in [3.63, 3.8) is 0 Å². The highest BCUT2D eigenvalue weighted by atomic mass is 16.5. The van der Waals surface area contributed by atoms with Crippen LogP contribution in [0.5, 0.6) is 0 Å². The fraction of sp³-hybridized carbons (Fsp3) is 1.00. The standard InChI is InChI=1S/C14H28N2O/c1-11-4-6-16(13(8-11)10-15)12-5-7-17-14(2,3)9-12/h11-13H,4-10,15H2,1-3H3. The van der Waals surface area contributed by atoms with Gasteiger partial charge in [0.15, 0.2) is 0 Å². The Hall–Kier alpha value is -0.120. The van der Waals surface area contributed by atoms with Crippen molar-refractivity contribution < 1.29 is 4.74 Å². The average molecular weight is 240 g/mol. The number of ether oxygens (including phenoxy) is 1. The van der Waals surface area contributed by atoms with Crippen LogP contribution in [0, 0.1) is 5.92 Å². The third-order valence-electron chi connectivity index (χ3n) is 4.44. The zero-order valence-corrected chi connectivity index (χ0v) is 11.6. The molecular formula is C14H28N2O. The van der Waals surface area contributed by atoms with Crippen molar-refractivity contribution in [3.8, 4) is 0 Å². The Morgan fingerprint density at radius 3 is 2.76 bits per heavy atom. The number of hydrogen-bond donors (Lipinski definition) is 1. The van der Waals surface area contributed by atoms with Crippen LogP contribution in [0.4, 0.5) is 0 Å². The zero-order valence-electron chi connectivity index (χ0n) is 11.6. The maximum atomic E-state index is 5.96. The van der Waals surface area contributed by atoms with Gasteiger partial charge < -0.3 is 10.5 Å². The van der Waals surface area contributed by atoms with Crippen molar-refractivity contribution in [2.45, 2.75) is 64.1 Å². The van der Waals surface area contributed by atoms with Crippen molar-refractivity contribution in [1.82, 2.24) is 4.90 Å². The third-order valence-corrected chi connectivity index (χ3v) is 4.44. The van der Waals surface area contributed by atoms with Crippen LogP contribution in [-0.2, 0) is 4.74 Å². The number of likely N-dealkylation sites (tertiary alicyclic amines) is 1. The molecule has 0 aromatic carbocycles. The molecule has 2 aliphatic rings. The van der Waals surface area contributed by atoms with E-state index < -0.39 is 0 Å². The zero-order chi connectivity index (χ0) is 12.5. The van der Waals surface area contributed by atoms with E-state index in [0.29, 0.717) is 12.1 Å². The first-order valence-corrected chi connectivity index (χ1v) is 7.11. The van der Waals surface area contributed by atoms with E-state index in [1.54, 1.807) is 0 Å². The molecular weight excluding hydrogens is 212 g/mol. The first-order valence-electron chi connectivity index (χ1n) is 7.11. The molecule has 17 heavy (non-hydrogen) atoms. The molecule has 0 radical (unpaired) electrons. The lowest BCUT2D eigenvalue weighted by molar-refractivity contribution is -0.0942. The van der Waals surface area contributed by atoms with Crippen LogP contribution in [-0.4, -0.2) is 42.3 Å². The van der Waals surface area contributed by atoms with Gasteiger partial charge in [0.25, 0.3) is 0 Å². The minimum atomic E-state index is 0.0468. The summed E-state index contributed by atoms with van der Waals surface area (Å²) >= 11 is 0. The predicted molar refractivity (Wildman–Crippen MR) is 71.0 cm³/mol. The van der Waals surface area contributed by atoms with E-state index in [9.17, 15) is 0 Å². The van der Waals surface area contributed by atoms with Gasteiger partial charge in [0, 0.05) is 25.2 Å². The summed E-state index contributed by atoms with van der Waals surface area (Å²) < 4.78 is 5.82. The summed E-state index contributed by atoms with van der Waals surface area (Å²) in [5.41, 5.74) is 6.00. The second kappa shape index (κ2) is 5.25. The molecule has 2 N–H and O–H groups in total. The van der Waals surface area contributed by atoms with Crippen LogP contribution in [0.2, 0.25) is 0 Å².